The summed E-state index contributed by atoms with van der Waals surface area (Å²) in [6.45, 7) is 5.24. The Labute approximate surface area is 102 Å². The fraction of sp³-hybridized carbons (Fsp3) is 0.357. The maximum absolute atomic E-state index is 5.82. The third-order valence-corrected chi connectivity index (χ3v) is 2.79. The lowest BCUT2D eigenvalue weighted by molar-refractivity contribution is 0.636. The molecule has 2 N–H and O–H groups in total. The number of aromatic nitrogens is 2. The Hall–Kier alpha value is -1.77. The van der Waals surface area contributed by atoms with E-state index in [1.54, 1.807) is 0 Å². The normalized spacial score (nSPS) is 10.7. The maximum Gasteiger partial charge on any atom is 0.140 e. The number of aryl methyl sites for hydroxylation is 2. The zero-order valence-corrected chi connectivity index (χ0v) is 10.5. The van der Waals surface area contributed by atoms with Gasteiger partial charge < -0.3 is 10.3 Å². The minimum atomic E-state index is 0.783. The van der Waals surface area contributed by atoms with E-state index in [2.05, 4.69) is 28.7 Å². The van der Waals surface area contributed by atoms with Crippen LogP contribution in [0.1, 0.15) is 25.5 Å². The standard InChI is InChI=1S/C14H19N3/c1-3-4-8-17-10-11(2)16-14(17)12-6-5-7-13(15)9-12/h5-7,9-10H,3-4,8,15H2,1-2H3. The van der Waals surface area contributed by atoms with Crippen LogP contribution in [-0.2, 0) is 6.54 Å². The van der Waals surface area contributed by atoms with Crippen molar-refractivity contribution in [2.45, 2.75) is 33.2 Å². The van der Waals surface area contributed by atoms with Crippen LogP contribution in [0.5, 0.6) is 0 Å². The van der Waals surface area contributed by atoms with Crippen molar-refractivity contribution >= 4 is 5.69 Å². The summed E-state index contributed by atoms with van der Waals surface area (Å²) in [6.07, 6.45) is 4.47. The number of anilines is 1. The summed E-state index contributed by atoms with van der Waals surface area (Å²) in [7, 11) is 0. The lowest BCUT2D eigenvalue weighted by Gasteiger charge is -2.07. The summed E-state index contributed by atoms with van der Waals surface area (Å²) in [5, 5.41) is 0. The van der Waals surface area contributed by atoms with E-state index in [9.17, 15) is 0 Å². The first-order chi connectivity index (χ1) is 8.20. The molecule has 0 fully saturated rings. The van der Waals surface area contributed by atoms with Gasteiger partial charge in [-0.15, -0.1) is 0 Å². The Morgan fingerprint density at radius 3 is 2.88 bits per heavy atom. The second-order valence-electron chi connectivity index (χ2n) is 4.38. The molecule has 0 aliphatic heterocycles. The Morgan fingerprint density at radius 1 is 1.35 bits per heavy atom. The first kappa shape index (κ1) is 11.7. The lowest BCUT2D eigenvalue weighted by Crippen LogP contribution is -1.99. The van der Waals surface area contributed by atoms with E-state index in [0.29, 0.717) is 0 Å². The molecule has 0 radical (unpaired) electrons. The Balaban J connectivity index is 2.37. The SMILES string of the molecule is CCCCn1cc(C)nc1-c1cccc(N)c1. The van der Waals surface area contributed by atoms with E-state index in [1.165, 1.54) is 12.8 Å². The van der Waals surface area contributed by atoms with Gasteiger partial charge in [0.25, 0.3) is 0 Å². The van der Waals surface area contributed by atoms with Crippen LogP contribution in [-0.4, -0.2) is 9.55 Å². The molecule has 0 saturated carbocycles. The third-order valence-electron chi connectivity index (χ3n) is 2.79. The van der Waals surface area contributed by atoms with Gasteiger partial charge in [-0.05, 0) is 25.5 Å². The molecule has 2 aromatic rings. The molecule has 90 valence electrons. The first-order valence-electron chi connectivity index (χ1n) is 6.10. The van der Waals surface area contributed by atoms with Gasteiger partial charge in [0, 0.05) is 24.0 Å². The highest BCUT2D eigenvalue weighted by molar-refractivity contribution is 5.61. The highest BCUT2D eigenvalue weighted by Crippen LogP contribution is 2.21. The Kier molecular flexibility index (Phi) is 3.47. The van der Waals surface area contributed by atoms with Gasteiger partial charge in [0.2, 0.25) is 0 Å². The van der Waals surface area contributed by atoms with Gasteiger partial charge in [-0.2, -0.15) is 0 Å². The maximum atomic E-state index is 5.82. The molecule has 3 nitrogen and oxygen atoms in total. The van der Waals surface area contributed by atoms with Gasteiger partial charge in [-0.1, -0.05) is 25.5 Å². The molecule has 0 bridgehead atoms. The van der Waals surface area contributed by atoms with Crippen molar-refractivity contribution in [2.75, 3.05) is 5.73 Å². The van der Waals surface area contributed by atoms with Gasteiger partial charge in [0.1, 0.15) is 5.82 Å². The molecule has 3 heteroatoms. The average molecular weight is 229 g/mol. The summed E-state index contributed by atoms with van der Waals surface area (Å²) >= 11 is 0. The predicted molar refractivity (Wildman–Crippen MR) is 71.7 cm³/mol. The van der Waals surface area contributed by atoms with Crippen LogP contribution < -0.4 is 5.73 Å². The zero-order valence-electron chi connectivity index (χ0n) is 10.5. The van der Waals surface area contributed by atoms with E-state index in [4.69, 9.17) is 5.73 Å². The topological polar surface area (TPSA) is 43.8 Å². The summed E-state index contributed by atoms with van der Waals surface area (Å²) < 4.78 is 2.22. The molecule has 0 atom stereocenters. The van der Waals surface area contributed by atoms with Gasteiger partial charge in [-0.3, -0.25) is 0 Å². The monoisotopic (exact) mass is 229 g/mol. The van der Waals surface area contributed by atoms with E-state index in [1.807, 2.05) is 25.1 Å². The van der Waals surface area contributed by atoms with Crippen LogP contribution >= 0.6 is 0 Å². The number of nitrogens with zero attached hydrogens (tertiary/aromatic N) is 2. The number of hydrogen-bond donors (Lipinski definition) is 1. The quantitative estimate of drug-likeness (QED) is 0.818. The van der Waals surface area contributed by atoms with Gasteiger partial charge in [0.05, 0.1) is 5.69 Å². The van der Waals surface area contributed by atoms with Crippen LogP contribution in [0.3, 0.4) is 0 Å². The predicted octanol–water partition coefficient (Wildman–Crippen LogP) is 3.24. The molecule has 17 heavy (non-hydrogen) atoms. The largest absolute Gasteiger partial charge is 0.399 e. The van der Waals surface area contributed by atoms with Crippen molar-refractivity contribution in [2.24, 2.45) is 0 Å². The third kappa shape index (κ3) is 2.67. The minimum Gasteiger partial charge on any atom is -0.399 e. The van der Waals surface area contributed by atoms with Gasteiger partial charge >= 0.3 is 0 Å². The number of nitrogen functional groups attached to an aromatic ring is 1. The minimum absolute atomic E-state index is 0.783. The molecule has 0 aliphatic carbocycles. The van der Waals surface area contributed by atoms with E-state index in [0.717, 1.165) is 29.3 Å². The van der Waals surface area contributed by atoms with Crippen molar-refractivity contribution in [1.82, 2.24) is 9.55 Å². The van der Waals surface area contributed by atoms with Gasteiger partial charge in [0.15, 0.2) is 0 Å². The lowest BCUT2D eigenvalue weighted by atomic mass is 10.2. The molecular weight excluding hydrogens is 210 g/mol. The fourth-order valence-electron chi connectivity index (χ4n) is 1.95. The molecule has 0 amide bonds. The molecule has 0 saturated heterocycles. The molecule has 1 aromatic heterocycles. The number of hydrogen-bond acceptors (Lipinski definition) is 2. The molecule has 1 aromatic carbocycles. The average Bonchev–Trinajstić information content (AvgIpc) is 2.68. The highest BCUT2D eigenvalue weighted by atomic mass is 15.1. The smallest absolute Gasteiger partial charge is 0.140 e. The van der Waals surface area contributed by atoms with Crippen molar-refractivity contribution in [3.05, 3.63) is 36.2 Å². The number of imidazole rings is 1. The van der Waals surface area contributed by atoms with E-state index >= 15 is 0 Å². The van der Waals surface area contributed by atoms with Crippen molar-refractivity contribution in [1.29, 1.82) is 0 Å². The summed E-state index contributed by atoms with van der Waals surface area (Å²) in [6, 6.07) is 7.90. The summed E-state index contributed by atoms with van der Waals surface area (Å²) in [5.74, 6) is 1.02. The zero-order chi connectivity index (χ0) is 12.3. The summed E-state index contributed by atoms with van der Waals surface area (Å²) in [4.78, 5) is 4.58. The molecule has 2 rings (SSSR count). The molecule has 1 heterocycles. The Bertz CT molecular complexity index is 500. The summed E-state index contributed by atoms with van der Waals surface area (Å²) in [5.41, 5.74) is 8.74. The Morgan fingerprint density at radius 2 is 2.18 bits per heavy atom. The van der Waals surface area contributed by atoms with Crippen LogP contribution in [0.4, 0.5) is 5.69 Å². The molecular formula is C14H19N3. The highest BCUT2D eigenvalue weighted by Gasteiger charge is 2.07. The van der Waals surface area contributed by atoms with Gasteiger partial charge in [-0.25, -0.2) is 4.98 Å². The number of nitrogens with two attached hydrogens (primary N) is 1. The fourth-order valence-corrected chi connectivity index (χ4v) is 1.95. The van der Waals surface area contributed by atoms with Crippen molar-refractivity contribution in [3.8, 4) is 11.4 Å². The van der Waals surface area contributed by atoms with Crippen LogP contribution in [0.25, 0.3) is 11.4 Å². The number of unbranched alkanes of at least 4 members (excludes halogenated alkanes) is 1. The van der Waals surface area contributed by atoms with E-state index in [-0.39, 0.29) is 0 Å². The van der Waals surface area contributed by atoms with Crippen LogP contribution in [0, 0.1) is 6.92 Å². The number of rotatable bonds is 4. The molecule has 0 unspecified atom stereocenters. The molecule has 0 spiro atoms. The van der Waals surface area contributed by atoms with E-state index < -0.39 is 0 Å². The van der Waals surface area contributed by atoms with Crippen LogP contribution in [0.15, 0.2) is 30.5 Å². The second-order valence-corrected chi connectivity index (χ2v) is 4.38. The first-order valence-corrected chi connectivity index (χ1v) is 6.10. The molecule has 0 aliphatic rings. The van der Waals surface area contributed by atoms with Crippen LogP contribution in [0.2, 0.25) is 0 Å². The van der Waals surface area contributed by atoms with Crippen molar-refractivity contribution < 1.29 is 0 Å². The van der Waals surface area contributed by atoms with Crippen molar-refractivity contribution in [3.63, 3.8) is 0 Å². The second kappa shape index (κ2) is 5.04. The number of benzene rings is 1.